The number of amides is 1. The number of hydrogen-bond donors (Lipinski definition) is 1. The van der Waals surface area contributed by atoms with Crippen molar-refractivity contribution in [3.05, 3.63) is 89.5 Å². The lowest BCUT2D eigenvalue weighted by Crippen LogP contribution is -2.17. The Morgan fingerprint density at radius 3 is 2.29 bits per heavy atom. The van der Waals surface area contributed by atoms with Crippen LogP contribution in [0.2, 0.25) is 0 Å². The molecule has 31 heavy (non-hydrogen) atoms. The fourth-order valence-electron chi connectivity index (χ4n) is 2.64. The van der Waals surface area contributed by atoms with Crippen LogP contribution in [0, 0.1) is 0 Å². The Bertz CT molecular complexity index is 1060. The van der Waals surface area contributed by atoms with E-state index in [0.29, 0.717) is 35.0 Å². The van der Waals surface area contributed by atoms with E-state index in [4.69, 9.17) is 14.2 Å². The summed E-state index contributed by atoms with van der Waals surface area (Å²) in [4.78, 5) is 24.4. The van der Waals surface area contributed by atoms with Crippen LogP contribution in [0.15, 0.2) is 77.9 Å². The molecule has 0 spiro atoms. The zero-order chi connectivity index (χ0) is 22.1. The van der Waals surface area contributed by atoms with Crippen LogP contribution in [0.5, 0.6) is 17.2 Å². The van der Waals surface area contributed by atoms with E-state index in [2.05, 4.69) is 10.5 Å². The van der Waals surface area contributed by atoms with E-state index in [9.17, 15) is 9.59 Å². The highest BCUT2D eigenvalue weighted by Gasteiger charge is 2.09. The first-order chi connectivity index (χ1) is 15.1. The van der Waals surface area contributed by atoms with E-state index in [0.717, 1.165) is 5.56 Å². The molecule has 0 heterocycles. The third kappa shape index (κ3) is 6.17. The van der Waals surface area contributed by atoms with E-state index in [1.807, 2.05) is 6.92 Å². The van der Waals surface area contributed by atoms with Gasteiger partial charge in [0.05, 0.1) is 25.5 Å². The monoisotopic (exact) mass is 418 g/mol. The summed E-state index contributed by atoms with van der Waals surface area (Å²) in [5.74, 6) is 0.871. The number of ether oxygens (including phenoxy) is 3. The lowest BCUT2D eigenvalue weighted by atomic mass is 10.2. The van der Waals surface area contributed by atoms with Gasteiger partial charge >= 0.3 is 5.97 Å². The standard InChI is InChI=1S/C24H22N2O5/c1-3-30-20-13-9-18(10-14-20)24(28)31-21-11-7-17(8-12-21)16-25-26-23(27)19-5-4-6-22(15-19)29-2/h4-16H,3H2,1-2H3,(H,26,27)/b25-16-. The largest absolute Gasteiger partial charge is 0.497 e. The first kappa shape index (κ1) is 21.6. The predicted molar refractivity (Wildman–Crippen MR) is 117 cm³/mol. The number of carbonyl (C=O) groups is 2. The maximum atomic E-state index is 12.2. The molecule has 1 N–H and O–H groups in total. The molecule has 0 unspecified atom stereocenters. The fourth-order valence-corrected chi connectivity index (χ4v) is 2.64. The van der Waals surface area contributed by atoms with Gasteiger partial charge in [0.2, 0.25) is 0 Å². The van der Waals surface area contributed by atoms with E-state index in [1.165, 1.54) is 13.3 Å². The van der Waals surface area contributed by atoms with Crippen molar-refractivity contribution < 1.29 is 23.8 Å². The SMILES string of the molecule is CCOc1ccc(C(=O)Oc2ccc(/C=N\NC(=O)c3cccc(OC)c3)cc2)cc1. The van der Waals surface area contributed by atoms with Crippen LogP contribution < -0.4 is 19.6 Å². The quantitative estimate of drug-likeness (QED) is 0.258. The number of rotatable bonds is 8. The summed E-state index contributed by atoms with van der Waals surface area (Å²) in [5, 5.41) is 3.95. The van der Waals surface area contributed by atoms with Crippen molar-refractivity contribution in [3.63, 3.8) is 0 Å². The molecule has 3 rings (SSSR count). The molecule has 0 saturated carbocycles. The lowest BCUT2D eigenvalue weighted by molar-refractivity contribution is 0.0734. The van der Waals surface area contributed by atoms with Crippen LogP contribution in [-0.2, 0) is 0 Å². The van der Waals surface area contributed by atoms with Crippen molar-refractivity contribution in [1.29, 1.82) is 0 Å². The van der Waals surface area contributed by atoms with Crippen molar-refractivity contribution >= 4 is 18.1 Å². The zero-order valence-electron chi connectivity index (χ0n) is 17.2. The van der Waals surface area contributed by atoms with Crippen LogP contribution in [0.3, 0.4) is 0 Å². The molecule has 7 nitrogen and oxygen atoms in total. The Morgan fingerprint density at radius 1 is 0.903 bits per heavy atom. The second-order valence-electron chi connectivity index (χ2n) is 6.35. The lowest BCUT2D eigenvalue weighted by Gasteiger charge is -2.06. The maximum Gasteiger partial charge on any atom is 0.343 e. The highest BCUT2D eigenvalue weighted by Crippen LogP contribution is 2.16. The smallest absolute Gasteiger partial charge is 0.343 e. The van der Waals surface area contributed by atoms with E-state index in [1.54, 1.807) is 72.8 Å². The number of hydrazone groups is 1. The fraction of sp³-hybridized carbons (Fsp3) is 0.125. The van der Waals surface area contributed by atoms with Gasteiger partial charge in [-0.15, -0.1) is 0 Å². The first-order valence-corrected chi connectivity index (χ1v) is 9.61. The van der Waals surface area contributed by atoms with Gasteiger partial charge in [-0.3, -0.25) is 4.79 Å². The second-order valence-corrected chi connectivity index (χ2v) is 6.35. The average molecular weight is 418 g/mol. The van der Waals surface area contributed by atoms with Crippen LogP contribution >= 0.6 is 0 Å². The number of hydrogen-bond acceptors (Lipinski definition) is 6. The van der Waals surface area contributed by atoms with E-state index < -0.39 is 5.97 Å². The van der Waals surface area contributed by atoms with Gasteiger partial charge in [0.25, 0.3) is 5.91 Å². The van der Waals surface area contributed by atoms with Crippen LogP contribution in [0.25, 0.3) is 0 Å². The van der Waals surface area contributed by atoms with Gasteiger partial charge in [-0.2, -0.15) is 5.10 Å². The van der Waals surface area contributed by atoms with Crippen LogP contribution in [-0.4, -0.2) is 31.8 Å². The molecule has 0 radical (unpaired) electrons. The molecule has 0 aromatic heterocycles. The minimum absolute atomic E-state index is 0.351. The maximum absolute atomic E-state index is 12.2. The highest BCUT2D eigenvalue weighted by molar-refractivity contribution is 5.95. The number of nitrogens with one attached hydrogen (secondary N) is 1. The molecule has 3 aromatic carbocycles. The Balaban J connectivity index is 1.54. The summed E-state index contributed by atoms with van der Waals surface area (Å²) in [7, 11) is 1.54. The number of nitrogens with zero attached hydrogens (tertiary/aromatic N) is 1. The molecule has 0 aliphatic rings. The molecule has 0 fully saturated rings. The normalized spacial score (nSPS) is 10.5. The second kappa shape index (κ2) is 10.6. The van der Waals surface area contributed by atoms with E-state index >= 15 is 0 Å². The summed E-state index contributed by atoms with van der Waals surface area (Å²) in [6.07, 6.45) is 1.50. The number of carbonyl (C=O) groups excluding carboxylic acids is 2. The minimum atomic E-state index is -0.463. The molecule has 0 aliphatic carbocycles. The van der Waals surface area contributed by atoms with Gasteiger partial charge in [0, 0.05) is 5.56 Å². The van der Waals surface area contributed by atoms with Crippen molar-refractivity contribution in [2.24, 2.45) is 5.10 Å². The molecule has 0 saturated heterocycles. The molecule has 158 valence electrons. The summed E-state index contributed by atoms with van der Waals surface area (Å²) in [5.41, 5.74) is 4.05. The molecule has 0 aliphatic heterocycles. The summed E-state index contributed by atoms with van der Waals surface area (Å²) in [6.45, 7) is 2.45. The zero-order valence-corrected chi connectivity index (χ0v) is 17.2. The highest BCUT2D eigenvalue weighted by atomic mass is 16.5. The van der Waals surface area contributed by atoms with Crippen molar-refractivity contribution in [3.8, 4) is 17.2 Å². The number of esters is 1. The third-order valence-electron chi connectivity index (χ3n) is 4.20. The van der Waals surface area contributed by atoms with Gasteiger partial charge in [-0.1, -0.05) is 6.07 Å². The molecular formula is C24H22N2O5. The first-order valence-electron chi connectivity index (χ1n) is 9.61. The molecule has 3 aromatic rings. The van der Waals surface area contributed by atoms with Gasteiger partial charge in [-0.05, 0) is 79.2 Å². The molecule has 0 atom stereocenters. The average Bonchev–Trinajstić information content (AvgIpc) is 2.81. The summed E-state index contributed by atoms with van der Waals surface area (Å²) >= 11 is 0. The van der Waals surface area contributed by atoms with Gasteiger partial charge in [0.15, 0.2) is 0 Å². The Hall–Kier alpha value is -4.13. The Morgan fingerprint density at radius 2 is 1.61 bits per heavy atom. The molecule has 0 bridgehead atoms. The number of benzene rings is 3. The number of methoxy groups -OCH3 is 1. The van der Waals surface area contributed by atoms with Crippen LogP contribution in [0.1, 0.15) is 33.2 Å². The Kier molecular flexibility index (Phi) is 7.37. The van der Waals surface area contributed by atoms with Crippen molar-refractivity contribution in [2.75, 3.05) is 13.7 Å². The topological polar surface area (TPSA) is 86.2 Å². The minimum Gasteiger partial charge on any atom is -0.497 e. The molecule has 1 amide bonds. The Labute approximate surface area is 180 Å². The van der Waals surface area contributed by atoms with Gasteiger partial charge in [-0.25, -0.2) is 10.2 Å². The van der Waals surface area contributed by atoms with E-state index in [-0.39, 0.29) is 5.91 Å². The van der Waals surface area contributed by atoms with Crippen LogP contribution in [0.4, 0.5) is 0 Å². The predicted octanol–water partition coefficient (Wildman–Crippen LogP) is 4.08. The van der Waals surface area contributed by atoms with Gasteiger partial charge in [0.1, 0.15) is 17.2 Å². The third-order valence-corrected chi connectivity index (χ3v) is 4.20. The summed E-state index contributed by atoms with van der Waals surface area (Å²) < 4.78 is 15.8. The molecule has 7 heteroatoms. The molecular weight excluding hydrogens is 396 g/mol. The van der Waals surface area contributed by atoms with Crippen molar-refractivity contribution in [1.82, 2.24) is 5.43 Å². The summed E-state index contributed by atoms with van der Waals surface area (Å²) in [6, 6.07) is 20.3. The van der Waals surface area contributed by atoms with Gasteiger partial charge < -0.3 is 14.2 Å². The van der Waals surface area contributed by atoms with Crippen molar-refractivity contribution in [2.45, 2.75) is 6.92 Å².